The summed E-state index contributed by atoms with van der Waals surface area (Å²) in [5, 5.41) is 0. The van der Waals surface area contributed by atoms with E-state index < -0.39 is 0 Å². The van der Waals surface area contributed by atoms with Crippen molar-refractivity contribution in [3.05, 3.63) is 0 Å². The van der Waals surface area contributed by atoms with E-state index in [4.69, 9.17) is 11.6 Å². The van der Waals surface area contributed by atoms with Crippen LogP contribution in [0.2, 0.25) is 0 Å². The van der Waals surface area contributed by atoms with Crippen molar-refractivity contribution >= 4 is 47.1 Å². The third-order valence-electron chi connectivity index (χ3n) is 0.739. The first kappa shape index (κ1) is 16.7. The van der Waals surface area contributed by atoms with Crippen molar-refractivity contribution in [3.8, 4) is 0 Å². The number of halogens is 2. The second-order valence-electron chi connectivity index (χ2n) is 1.85. The zero-order valence-corrected chi connectivity index (χ0v) is 6.93. The molecule has 0 unspecified atom stereocenters. The molecular weight excluding hydrogens is 169 g/mol. The highest BCUT2D eigenvalue weighted by Gasteiger charge is 1.84. The first-order chi connectivity index (χ1) is 3.27. The highest BCUT2D eigenvalue weighted by Crippen LogP contribution is 1.84. The van der Waals surface area contributed by atoms with Crippen LogP contribution in [0.3, 0.4) is 0 Å². The normalized spacial score (nSPS) is 8.00. The number of nitrogens with zero attached hydrogens (tertiary/aromatic N) is 1. The van der Waals surface area contributed by atoms with Gasteiger partial charge in [-0.05, 0) is 27.1 Å². The Balaban J connectivity index is -0.000000180. The van der Waals surface area contributed by atoms with Crippen LogP contribution in [-0.4, -0.2) is 54.5 Å². The number of hydrogen-bond acceptors (Lipinski definition) is 1. The highest BCUT2D eigenvalue weighted by molar-refractivity contribution is 6.17. The van der Waals surface area contributed by atoms with Crippen molar-refractivity contribution in [1.29, 1.82) is 0 Å². The van der Waals surface area contributed by atoms with Gasteiger partial charge in [-0.2, -0.15) is 0 Å². The third kappa shape index (κ3) is 17.6. The maximum absolute atomic E-state index is 5.42. The summed E-state index contributed by atoms with van der Waals surface area (Å²) in [6, 6.07) is 0. The molecule has 0 saturated heterocycles. The van der Waals surface area contributed by atoms with E-state index in [1.807, 2.05) is 14.1 Å². The van der Waals surface area contributed by atoms with Gasteiger partial charge in [0.15, 0.2) is 0 Å². The molecule has 0 fully saturated rings. The average molecular weight is 184 g/mol. The van der Waals surface area contributed by atoms with Gasteiger partial charge in [0.25, 0.3) is 0 Å². The molecule has 0 aliphatic carbocycles. The van der Waals surface area contributed by atoms with E-state index in [1.54, 1.807) is 0 Å². The fourth-order valence-corrected chi connectivity index (χ4v) is 0.496. The molecule has 0 bridgehead atoms. The lowest BCUT2D eigenvalue weighted by Crippen LogP contribution is -2.12. The van der Waals surface area contributed by atoms with Crippen molar-refractivity contribution in [3.63, 3.8) is 0 Å². The summed E-state index contributed by atoms with van der Waals surface area (Å²) in [5.41, 5.74) is 0. The summed E-state index contributed by atoms with van der Waals surface area (Å²) in [5.74, 6) is 0.776. The Morgan fingerprint density at radius 1 is 1.33 bits per heavy atom. The van der Waals surface area contributed by atoms with Crippen LogP contribution in [0.5, 0.6) is 0 Å². The molecule has 4 heteroatoms. The third-order valence-corrected chi connectivity index (χ3v) is 1.01. The molecule has 0 aromatic carbocycles. The van der Waals surface area contributed by atoms with Gasteiger partial charge in [0.05, 0.1) is 0 Å². The van der Waals surface area contributed by atoms with Crippen LogP contribution in [-0.2, 0) is 0 Å². The summed E-state index contributed by atoms with van der Waals surface area (Å²) < 4.78 is 0. The van der Waals surface area contributed by atoms with Crippen molar-refractivity contribution < 1.29 is 0 Å². The minimum absolute atomic E-state index is 0. The van der Waals surface area contributed by atoms with E-state index in [9.17, 15) is 0 Å². The molecule has 56 valence electrons. The maximum Gasteiger partial charge on any atom is 0.316 e. The minimum Gasteiger partial charge on any atom is -0.309 e. The Bertz CT molecular complexity index is 43.9. The molecule has 0 atom stereocenters. The van der Waals surface area contributed by atoms with Gasteiger partial charge in [0.2, 0.25) is 0 Å². The molecule has 0 aliphatic rings. The fraction of sp³-hybridized carbons (Fsp3) is 1.00. The minimum atomic E-state index is 0. The predicted molar refractivity (Wildman–Crippen MR) is 49.7 cm³/mol. The van der Waals surface area contributed by atoms with Crippen LogP contribution in [0, 0.1) is 0 Å². The highest BCUT2D eigenvalue weighted by atomic mass is 35.5. The first-order valence-electron chi connectivity index (χ1n) is 2.48. The van der Waals surface area contributed by atoms with Crippen LogP contribution >= 0.6 is 24.0 Å². The van der Waals surface area contributed by atoms with E-state index in [2.05, 4.69) is 4.90 Å². The SMILES string of the molecule is CN(C)CCCCl.Cl.[MgH2]. The summed E-state index contributed by atoms with van der Waals surface area (Å²) in [7, 11) is 4.10. The molecule has 0 N–H and O–H groups in total. The molecule has 0 aliphatic heterocycles. The van der Waals surface area contributed by atoms with Gasteiger partial charge in [-0.3, -0.25) is 0 Å². The molecule has 0 saturated carbocycles. The summed E-state index contributed by atoms with van der Waals surface area (Å²) in [6.45, 7) is 1.10. The van der Waals surface area contributed by atoms with Crippen molar-refractivity contribution in [2.24, 2.45) is 0 Å². The van der Waals surface area contributed by atoms with Gasteiger partial charge in [0.1, 0.15) is 0 Å². The van der Waals surface area contributed by atoms with Crippen molar-refractivity contribution in [2.75, 3.05) is 26.5 Å². The zero-order chi connectivity index (χ0) is 5.70. The van der Waals surface area contributed by atoms with E-state index in [0.29, 0.717) is 0 Å². The molecule has 9 heavy (non-hydrogen) atoms. The van der Waals surface area contributed by atoms with Gasteiger partial charge in [-0.15, -0.1) is 24.0 Å². The van der Waals surface area contributed by atoms with Crippen LogP contribution in [0.25, 0.3) is 0 Å². The topological polar surface area (TPSA) is 3.24 Å². The first-order valence-corrected chi connectivity index (χ1v) is 3.01. The van der Waals surface area contributed by atoms with E-state index in [1.165, 1.54) is 0 Å². The largest absolute Gasteiger partial charge is 0.316 e. The summed E-state index contributed by atoms with van der Waals surface area (Å²) in [6.07, 6.45) is 1.09. The zero-order valence-electron chi connectivity index (χ0n) is 5.35. The molecule has 0 amide bonds. The smallest absolute Gasteiger partial charge is 0.309 e. The lowest BCUT2D eigenvalue weighted by molar-refractivity contribution is 0.409. The second kappa shape index (κ2) is 12.0. The van der Waals surface area contributed by atoms with E-state index in [0.717, 1.165) is 18.8 Å². The molecule has 0 radical (unpaired) electrons. The van der Waals surface area contributed by atoms with Gasteiger partial charge in [-0.25, -0.2) is 0 Å². The fourth-order valence-electron chi connectivity index (χ4n) is 0.376. The van der Waals surface area contributed by atoms with Crippen LogP contribution in [0.4, 0.5) is 0 Å². The quantitative estimate of drug-likeness (QED) is 0.461. The number of hydrogen-bond donors (Lipinski definition) is 0. The van der Waals surface area contributed by atoms with Crippen molar-refractivity contribution in [2.45, 2.75) is 6.42 Å². The number of rotatable bonds is 3. The average Bonchev–Trinajstić information content (AvgIpc) is 1.61. The maximum atomic E-state index is 5.42. The lowest BCUT2D eigenvalue weighted by atomic mass is 10.5. The van der Waals surface area contributed by atoms with Gasteiger partial charge < -0.3 is 4.90 Å². The molecule has 1 nitrogen and oxygen atoms in total. The lowest BCUT2D eigenvalue weighted by Gasteiger charge is -2.05. The molecular formula is C5H15Cl2MgN. The van der Waals surface area contributed by atoms with Crippen molar-refractivity contribution in [1.82, 2.24) is 4.90 Å². The Labute approximate surface area is 84.7 Å². The van der Waals surface area contributed by atoms with E-state index in [-0.39, 0.29) is 35.5 Å². The monoisotopic (exact) mass is 183 g/mol. The standard InChI is InChI=1S/C5H12ClN.ClH.Mg.2H/c1-7(2)5-3-4-6;;;;/h3-5H2,1-2H3;1H;;;. The van der Waals surface area contributed by atoms with Gasteiger partial charge in [0, 0.05) is 5.88 Å². The summed E-state index contributed by atoms with van der Waals surface area (Å²) in [4.78, 5) is 2.13. The van der Waals surface area contributed by atoms with Crippen LogP contribution < -0.4 is 0 Å². The molecule has 0 aromatic rings. The van der Waals surface area contributed by atoms with Crippen LogP contribution in [0.1, 0.15) is 6.42 Å². The Morgan fingerprint density at radius 2 is 1.78 bits per heavy atom. The Kier molecular flexibility index (Phi) is 22.3. The Hall–Kier alpha value is 1.31. The second-order valence-corrected chi connectivity index (χ2v) is 2.22. The predicted octanol–water partition coefficient (Wildman–Crippen LogP) is 0.682. The molecule has 0 heterocycles. The van der Waals surface area contributed by atoms with E-state index >= 15 is 0 Å². The molecule has 0 rings (SSSR count). The van der Waals surface area contributed by atoms with Gasteiger partial charge in [-0.1, -0.05) is 0 Å². The summed E-state index contributed by atoms with van der Waals surface area (Å²) >= 11 is 5.42. The Morgan fingerprint density at radius 3 is 1.89 bits per heavy atom. The van der Waals surface area contributed by atoms with Gasteiger partial charge >= 0.3 is 23.1 Å². The number of alkyl halides is 1. The van der Waals surface area contributed by atoms with Crippen LogP contribution in [0.15, 0.2) is 0 Å². The molecule has 0 spiro atoms. The molecule has 0 aromatic heterocycles.